The summed E-state index contributed by atoms with van der Waals surface area (Å²) in [5.41, 5.74) is 2.48. The molecule has 0 aliphatic rings. The van der Waals surface area contributed by atoms with Crippen molar-refractivity contribution in [2.24, 2.45) is 0 Å². The predicted molar refractivity (Wildman–Crippen MR) is 78.5 cm³/mol. The average molecular weight is 270 g/mol. The lowest BCUT2D eigenvalue weighted by Gasteiger charge is -2.07. The van der Waals surface area contributed by atoms with Crippen LogP contribution in [-0.2, 0) is 6.54 Å². The summed E-state index contributed by atoms with van der Waals surface area (Å²) in [6, 6.07) is 7.40. The summed E-state index contributed by atoms with van der Waals surface area (Å²) in [6.45, 7) is 5.19. The molecule has 0 saturated heterocycles. The van der Waals surface area contributed by atoms with Crippen LogP contribution in [0.15, 0.2) is 36.7 Å². The Labute approximate surface area is 118 Å². The second kappa shape index (κ2) is 6.65. The molecule has 0 aliphatic carbocycles. The lowest BCUT2D eigenvalue weighted by molar-refractivity contribution is 0.0950. The monoisotopic (exact) mass is 270 g/mol. The normalized spacial score (nSPS) is 10.1. The average Bonchev–Trinajstić information content (AvgIpc) is 2.47. The first-order chi connectivity index (χ1) is 9.70. The number of aryl methyl sites for hydroxylation is 1. The number of hydrogen-bond donors (Lipinski definition) is 2. The van der Waals surface area contributed by atoms with Gasteiger partial charge in [-0.05, 0) is 37.6 Å². The molecule has 104 valence electrons. The Hall–Kier alpha value is -2.43. The summed E-state index contributed by atoms with van der Waals surface area (Å²) in [4.78, 5) is 20.4. The first-order valence-electron chi connectivity index (χ1n) is 6.59. The summed E-state index contributed by atoms with van der Waals surface area (Å²) in [5, 5.41) is 5.93. The number of pyridine rings is 2. The summed E-state index contributed by atoms with van der Waals surface area (Å²) < 4.78 is 0. The minimum absolute atomic E-state index is 0.148. The quantitative estimate of drug-likeness (QED) is 0.873. The van der Waals surface area contributed by atoms with E-state index < -0.39 is 0 Å². The van der Waals surface area contributed by atoms with Crippen molar-refractivity contribution >= 4 is 11.7 Å². The van der Waals surface area contributed by atoms with Gasteiger partial charge < -0.3 is 10.6 Å². The highest BCUT2D eigenvalue weighted by Crippen LogP contribution is 2.06. The Kier molecular flexibility index (Phi) is 4.65. The van der Waals surface area contributed by atoms with Gasteiger partial charge in [0.15, 0.2) is 0 Å². The zero-order valence-corrected chi connectivity index (χ0v) is 11.7. The van der Waals surface area contributed by atoms with Gasteiger partial charge in [-0.3, -0.25) is 9.78 Å². The first-order valence-corrected chi connectivity index (χ1v) is 6.59. The van der Waals surface area contributed by atoms with Gasteiger partial charge in [0.05, 0.1) is 17.8 Å². The molecule has 0 atom stereocenters. The van der Waals surface area contributed by atoms with Gasteiger partial charge >= 0.3 is 0 Å². The number of aromatic nitrogens is 2. The van der Waals surface area contributed by atoms with Gasteiger partial charge in [-0.2, -0.15) is 0 Å². The van der Waals surface area contributed by atoms with E-state index in [1.165, 1.54) is 0 Å². The van der Waals surface area contributed by atoms with Crippen LogP contribution < -0.4 is 10.6 Å². The van der Waals surface area contributed by atoms with Gasteiger partial charge in [-0.15, -0.1) is 0 Å². The molecule has 20 heavy (non-hydrogen) atoms. The van der Waals surface area contributed by atoms with Crippen LogP contribution in [0.25, 0.3) is 0 Å². The van der Waals surface area contributed by atoms with Crippen LogP contribution >= 0.6 is 0 Å². The number of nitrogens with one attached hydrogen (secondary N) is 2. The van der Waals surface area contributed by atoms with Crippen molar-refractivity contribution in [1.82, 2.24) is 15.3 Å². The third-order valence-electron chi connectivity index (χ3n) is 2.92. The van der Waals surface area contributed by atoms with Gasteiger partial charge in [0.1, 0.15) is 5.82 Å². The third kappa shape index (κ3) is 3.54. The zero-order valence-electron chi connectivity index (χ0n) is 11.7. The molecule has 0 bridgehead atoms. The molecule has 0 unspecified atom stereocenters. The number of anilines is 1. The van der Waals surface area contributed by atoms with Gasteiger partial charge in [0, 0.05) is 18.9 Å². The van der Waals surface area contributed by atoms with E-state index >= 15 is 0 Å². The van der Waals surface area contributed by atoms with Crippen molar-refractivity contribution in [3.8, 4) is 0 Å². The van der Waals surface area contributed by atoms with E-state index in [0.29, 0.717) is 12.1 Å². The molecular formula is C15H18N4O. The number of carbonyl (C=O) groups is 1. The van der Waals surface area contributed by atoms with Crippen molar-refractivity contribution in [1.29, 1.82) is 0 Å². The van der Waals surface area contributed by atoms with Crippen LogP contribution in [0.2, 0.25) is 0 Å². The van der Waals surface area contributed by atoms with Gasteiger partial charge in [-0.1, -0.05) is 6.07 Å². The van der Waals surface area contributed by atoms with Crippen molar-refractivity contribution in [2.75, 3.05) is 11.9 Å². The Bertz CT molecular complexity index is 581. The molecule has 0 aliphatic heterocycles. The summed E-state index contributed by atoms with van der Waals surface area (Å²) in [5.74, 6) is 0.621. The van der Waals surface area contributed by atoms with Crippen molar-refractivity contribution in [3.63, 3.8) is 0 Å². The molecule has 2 N–H and O–H groups in total. The van der Waals surface area contributed by atoms with Crippen molar-refractivity contribution in [2.45, 2.75) is 20.4 Å². The molecule has 1 amide bonds. The molecular weight excluding hydrogens is 252 g/mol. The first kappa shape index (κ1) is 14.0. The summed E-state index contributed by atoms with van der Waals surface area (Å²) >= 11 is 0. The Balaban J connectivity index is 1.96. The van der Waals surface area contributed by atoms with Gasteiger partial charge in [0.2, 0.25) is 0 Å². The molecule has 2 rings (SSSR count). The Morgan fingerprint density at radius 2 is 2.10 bits per heavy atom. The van der Waals surface area contributed by atoms with E-state index in [1.54, 1.807) is 24.5 Å². The van der Waals surface area contributed by atoms with E-state index in [0.717, 1.165) is 23.6 Å². The molecule has 0 saturated carbocycles. The number of hydrogen-bond acceptors (Lipinski definition) is 4. The van der Waals surface area contributed by atoms with Gasteiger partial charge in [0.25, 0.3) is 5.91 Å². The third-order valence-corrected chi connectivity index (χ3v) is 2.92. The van der Waals surface area contributed by atoms with Crippen LogP contribution in [0.4, 0.5) is 5.82 Å². The highest BCUT2D eigenvalue weighted by molar-refractivity contribution is 5.93. The maximum atomic E-state index is 12.0. The van der Waals surface area contributed by atoms with Crippen LogP contribution in [-0.4, -0.2) is 22.4 Å². The fourth-order valence-corrected chi connectivity index (χ4v) is 1.78. The topological polar surface area (TPSA) is 66.9 Å². The maximum absolute atomic E-state index is 12.0. The second-order valence-corrected chi connectivity index (χ2v) is 4.41. The number of carbonyl (C=O) groups excluding carboxylic acids is 1. The van der Waals surface area contributed by atoms with Crippen LogP contribution in [0.5, 0.6) is 0 Å². The van der Waals surface area contributed by atoms with E-state index in [-0.39, 0.29) is 5.91 Å². The minimum Gasteiger partial charge on any atom is -0.370 e. The Morgan fingerprint density at radius 1 is 1.25 bits per heavy atom. The largest absolute Gasteiger partial charge is 0.370 e. The molecule has 5 heteroatoms. The molecule has 5 nitrogen and oxygen atoms in total. The SMILES string of the molecule is CCNc1ccc(C(=O)NCc2ncccc2C)cn1. The van der Waals surface area contributed by atoms with Gasteiger partial charge in [-0.25, -0.2) is 4.98 Å². The zero-order chi connectivity index (χ0) is 14.4. The second-order valence-electron chi connectivity index (χ2n) is 4.41. The molecule has 0 spiro atoms. The van der Waals surface area contributed by atoms with Crippen molar-refractivity contribution in [3.05, 3.63) is 53.5 Å². The maximum Gasteiger partial charge on any atom is 0.253 e. The van der Waals surface area contributed by atoms with Crippen LogP contribution in [0, 0.1) is 6.92 Å². The van der Waals surface area contributed by atoms with E-state index in [4.69, 9.17) is 0 Å². The number of rotatable bonds is 5. The van der Waals surface area contributed by atoms with E-state index in [9.17, 15) is 4.79 Å². The summed E-state index contributed by atoms with van der Waals surface area (Å²) in [6.07, 6.45) is 3.29. The minimum atomic E-state index is -0.148. The Morgan fingerprint density at radius 3 is 2.75 bits per heavy atom. The summed E-state index contributed by atoms with van der Waals surface area (Å²) in [7, 11) is 0. The highest BCUT2D eigenvalue weighted by Gasteiger charge is 2.07. The predicted octanol–water partition coefficient (Wildman–Crippen LogP) is 2.15. The fourth-order valence-electron chi connectivity index (χ4n) is 1.78. The smallest absolute Gasteiger partial charge is 0.253 e. The molecule has 0 fully saturated rings. The van der Waals surface area contributed by atoms with Crippen LogP contribution in [0.3, 0.4) is 0 Å². The number of amides is 1. The number of nitrogens with zero attached hydrogens (tertiary/aromatic N) is 2. The molecule has 2 aromatic rings. The molecule has 0 radical (unpaired) electrons. The molecule has 0 aromatic carbocycles. The lowest BCUT2D eigenvalue weighted by Crippen LogP contribution is -2.24. The van der Waals surface area contributed by atoms with Crippen LogP contribution in [0.1, 0.15) is 28.5 Å². The highest BCUT2D eigenvalue weighted by atomic mass is 16.1. The molecule has 2 heterocycles. The van der Waals surface area contributed by atoms with E-state index in [2.05, 4.69) is 20.6 Å². The lowest BCUT2D eigenvalue weighted by atomic mass is 10.2. The van der Waals surface area contributed by atoms with Crippen molar-refractivity contribution < 1.29 is 4.79 Å². The standard InChI is InChI=1S/C15H18N4O/c1-3-16-14-7-6-12(9-18-14)15(20)19-10-13-11(2)5-4-8-17-13/h4-9H,3,10H2,1-2H3,(H,16,18)(H,19,20). The molecule has 2 aromatic heterocycles. The fraction of sp³-hybridized carbons (Fsp3) is 0.267. The van der Waals surface area contributed by atoms with E-state index in [1.807, 2.05) is 26.0 Å².